The van der Waals surface area contributed by atoms with Gasteiger partial charge in [-0.15, -0.1) is 12.4 Å². The van der Waals surface area contributed by atoms with Crippen LogP contribution in [0, 0.1) is 13.8 Å². The molecule has 0 bridgehead atoms. The third-order valence-corrected chi connectivity index (χ3v) is 4.59. The third-order valence-electron chi connectivity index (χ3n) is 4.59. The molecule has 0 atom stereocenters. The predicted molar refractivity (Wildman–Crippen MR) is 96.6 cm³/mol. The SMILES string of the molecule is Cc1cc(CN(C)C(=O)C2(N)CCCC2)cc(C)c1OCC(F)(F)F.Cl. The summed E-state index contributed by atoms with van der Waals surface area (Å²) in [5.74, 6) is 0.152. The Morgan fingerprint density at radius 2 is 1.73 bits per heavy atom. The second-order valence-electron chi connectivity index (χ2n) is 6.99. The number of ether oxygens (including phenoxy) is 1. The van der Waals surface area contributed by atoms with Crippen LogP contribution in [0.15, 0.2) is 12.1 Å². The summed E-state index contributed by atoms with van der Waals surface area (Å²) in [7, 11) is 1.70. The highest BCUT2D eigenvalue weighted by molar-refractivity contribution is 5.86. The van der Waals surface area contributed by atoms with E-state index in [9.17, 15) is 18.0 Å². The van der Waals surface area contributed by atoms with E-state index in [1.165, 1.54) is 0 Å². The lowest BCUT2D eigenvalue weighted by Crippen LogP contribution is -2.52. The van der Waals surface area contributed by atoms with Gasteiger partial charge in [0.2, 0.25) is 5.91 Å². The number of amides is 1. The molecule has 148 valence electrons. The van der Waals surface area contributed by atoms with Crippen LogP contribution in [0.5, 0.6) is 5.75 Å². The Bertz CT molecular complexity index is 621. The Balaban J connectivity index is 0.00000338. The first-order valence-corrected chi connectivity index (χ1v) is 8.36. The average Bonchev–Trinajstić information content (AvgIpc) is 2.92. The van der Waals surface area contributed by atoms with Gasteiger partial charge in [0, 0.05) is 13.6 Å². The minimum atomic E-state index is -4.37. The highest BCUT2D eigenvalue weighted by atomic mass is 35.5. The average molecular weight is 395 g/mol. The van der Waals surface area contributed by atoms with E-state index in [1.54, 1.807) is 37.9 Å². The van der Waals surface area contributed by atoms with Crippen LogP contribution < -0.4 is 10.5 Å². The molecule has 1 amide bonds. The van der Waals surface area contributed by atoms with Gasteiger partial charge in [0.1, 0.15) is 5.75 Å². The fourth-order valence-electron chi connectivity index (χ4n) is 3.46. The molecule has 2 N–H and O–H groups in total. The van der Waals surface area contributed by atoms with Crippen molar-refractivity contribution < 1.29 is 22.7 Å². The van der Waals surface area contributed by atoms with E-state index in [0.29, 0.717) is 30.5 Å². The summed E-state index contributed by atoms with van der Waals surface area (Å²) < 4.78 is 42.0. The van der Waals surface area contributed by atoms with Gasteiger partial charge in [0.15, 0.2) is 6.61 Å². The van der Waals surface area contributed by atoms with E-state index in [2.05, 4.69) is 0 Å². The first-order valence-electron chi connectivity index (χ1n) is 8.36. The number of nitrogens with zero attached hydrogens (tertiary/aromatic N) is 1. The Morgan fingerprint density at radius 3 is 2.19 bits per heavy atom. The van der Waals surface area contributed by atoms with Gasteiger partial charge in [-0.2, -0.15) is 13.2 Å². The topological polar surface area (TPSA) is 55.6 Å². The number of aryl methyl sites for hydroxylation is 2. The highest BCUT2D eigenvalue weighted by Crippen LogP contribution is 2.30. The second-order valence-corrected chi connectivity index (χ2v) is 6.99. The van der Waals surface area contributed by atoms with Gasteiger partial charge in [-0.25, -0.2) is 0 Å². The molecule has 4 nitrogen and oxygen atoms in total. The Morgan fingerprint density at radius 1 is 1.23 bits per heavy atom. The summed E-state index contributed by atoms with van der Waals surface area (Å²) in [5, 5.41) is 0. The molecule has 0 heterocycles. The fraction of sp³-hybridized carbons (Fsp3) is 0.611. The maximum atomic E-state index is 12.6. The largest absolute Gasteiger partial charge is 0.484 e. The molecule has 0 unspecified atom stereocenters. The van der Waals surface area contributed by atoms with Gasteiger partial charge in [-0.3, -0.25) is 4.79 Å². The van der Waals surface area contributed by atoms with Crippen molar-refractivity contribution >= 4 is 18.3 Å². The van der Waals surface area contributed by atoms with Crippen LogP contribution in [0.2, 0.25) is 0 Å². The molecule has 1 aromatic rings. The van der Waals surface area contributed by atoms with E-state index in [-0.39, 0.29) is 24.1 Å². The Kier molecular flexibility index (Phi) is 7.36. The minimum absolute atomic E-state index is 0. The van der Waals surface area contributed by atoms with E-state index in [1.807, 2.05) is 0 Å². The molecule has 0 radical (unpaired) electrons. The number of hydrogen-bond donors (Lipinski definition) is 1. The molecule has 1 fully saturated rings. The zero-order chi connectivity index (χ0) is 18.8. The molecule has 0 spiro atoms. The summed E-state index contributed by atoms with van der Waals surface area (Å²) in [4.78, 5) is 14.2. The first kappa shape index (κ1) is 22.6. The number of nitrogens with two attached hydrogens (primary N) is 1. The summed E-state index contributed by atoms with van der Waals surface area (Å²) in [6.07, 6.45) is -1.07. The van der Waals surface area contributed by atoms with Gasteiger partial charge in [-0.05, 0) is 43.4 Å². The number of carbonyl (C=O) groups is 1. The van der Waals surface area contributed by atoms with E-state index in [0.717, 1.165) is 18.4 Å². The van der Waals surface area contributed by atoms with Crippen LogP contribution in [0.1, 0.15) is 42.4 Å². The zero-order valence-corrected chi connectivity index (χ0v) is 16.1. The van der Waals surface area contributed by atoms with Crippen molar-refractivity contribution in [1.29, 1.82) is 0 Å². The lowest BCUT2D eigenvalue weighted by atomic mass is 9.97. The van der Waals surface area contributed by atoms with Crippen molar-refractivity contribution in [2.45, 2.75) is 57.8 Å². The number of likely N-dealkylation sites (N-methyl/N-ethyl adjacent to an activating group) is 1. The first-order chi connectivity index (χ1) is 11.5. The normalized spacial score (nSPS) is 16.1. The van der Waals surface area contributed by atoms with Gasteiger partial charge in [-0.1, -0.05) is 25.0 Å². The molecule has 1 aliphatic carbocycles. The molecule has 1 aromatic carbocycles. The molecule has 1 saturated carbocycles. The summed E-state index contributed by atoms with van der Waals surface area (Å²) in [6.45, 7) is 2.44. The molecule has 2 rings (SSSR count). The van der Waals surface area contributed by atoms with Gasteiger partial charge in [0.25, 0.3) is 0 Å². The number of benzene rings is 1. The second kappa shape index (κ2) is 8.48. The van der Waals surface area contributed by atoms with Gasteiger partial charge in [0.05, 0.1) is 5.54 Å². The molecular weight excluding hydrogens is 369 g/mol. The smallest absolute Gasteiger partial charge is 0.422 e. The predicted octanol–water partition coefficient (Wildman–Crippen LogP) is 3.90. The van der Waals surface area contributed by atoms with Crippen molar-refractivity contribution in [3.8, 4) is 5.75 Å². The number of carbonyl (C=O) groups excluding carboxylic acids is 1. The number of alkyl halides is 3. The van der Waals surface area contributed by atoms with Crippen molar-refractivity contribution in [2.24, 2.45) is 5.73 Å². The monoisotopic (exact) mass is 394 g/mol. The summed E-state index contributed by atoms with van der Waals surface area (Å²) in [6, 6.07) is 3.50. The fourth-order valence-corrected chi connectivity index (χ4v) is 3.46. The standard InChI is InChI=1S/C18H25F3N2O2.ClH/c1-12-8-14(9-13(2)15(12)25-11-18(19,20)21)10-23(3)16(24)17(22)6-4-5-7-17;/h8-9H,4-7,10-11,22H2,1-3H3;1H. The minimum Gasteiger partial charge on any atom is -0.484 e. The highest BCUT2D eigenvalue weighted by Gasteiger charge is 2.38. The summed E-state index contributed by atoms with van der Waals surface area (Å²) >= 11 is 0. The lowest BCUT2D eigenvalue weighted by Gasteiger charge is -2.29. The number of hydrogen-bond acceptors (Lipinski definition) is 3. The summed E-state index contributed by atoms with van der Waals surface area (Å²) in [5.41, 5.74) is 7.49. The Labute approximate surface area is 158 Å². The third kappa shape index (κ3) is 5.51. The van der Waals surface area contributed by atoms with Crippen molar-refractivity contribution in [3.05, 3.63) is 28.8 Å². The maximum absolute atomic E-state index is 12.6. The van der Waals surface area contributed by atoms with Crippen LogP contribution in [0.25, 0.3) is 0 Å². The van der Waals surface area contributed by atoms with Crippen LogP contribution in [-0.2, 0) is 11.3 Å². The van der Waals surface area contributed by atoms with Crippen molar-refractivity contribution in [3.63, 3.8) is 0 Å². The van der Waals surface area contributed by atoms with Gasteiger partial charge < -0.3 is 15.4 Å². The molecule has 0 saturated heterocycles. The van der Waals surface area contributed by atoms with Crippen LogP contribution >= 0.6 is 12.4 Å². The molecule has 0 aliphatic heterocycles. The van der Waals surface area contributed by atoms with E-state index < -0.39 is 18.3 Å². The molecule has 1 aliphatic rings. The lowest BCUT2D eigenvalue weighted by molar-refractivity contribution is -0.153. The number of halogens is 4. The molecule has 8 heteroatoms. The van der Waals surface area contributed by atoms with Crippen molar-refractivity contribution in [2.75, 3.05) is 13.7 Å². The quantitative estimate of drug-likeness (QED) is 0.824. The van der Waals surface area contributed by atoms with Crippen LogP contribution in [0.3, 0.4) is 0 Å². The molecule has 0 aromatic heterocycles. The van der Waals surface area contributed by atoms with Crippen LogP contribution in [-0.4, -0.2) is 36.2 Å². The Hall–Kier alpha value is -1.47. The number of rotatable bonds is 5. The van der Waals surface area contributed by atoms with Crippen LogP contribution in [0.4, 0.5) is 13.2 Å². The van der Waals surface area contributed by atoms with Gasteiger partial charge >= 0.3 is 6.18 Å². The zero-order valence-electron chi connectivity index (χ0n) is 15.3. The van der Waals surface area contributed by atoms with E-state index >= 15 is 0 Å². The molecule has 26 heavy (non-hydrogen) atoms. The van der Waals surface area contributed by atoms with E-state index in [4.69, 9.17) is 10.5 Å². The maximum Gasteiger partial charge on any atom is 0.422 e. The van der Waals surface area contributed by atoms with Crippen molar-refractivity contribution in [1.82, 2.24) is 4.90 Å². The molecular formula is C18H26ClF3N2O2.